The first-order valence-corrected chi connectivity index (χ1v) is 19.6. The Morgan fingerprint density at radius 2 is 1.29 bits per heavy atom. The van der Waals surface area contributed by atoms with Gasteiger partial charge in [0.2, 0.25) is 35.4 Å². The monoisotopic (exact) mass is 829 g/mol. The molecule has 0 bridgehead atoms. The van der Waals surface area contributed by atoms with Crippen LogP contribution < -0.4 is 49.5 Å². The number of amides is 6. The van der Waals surface area contributed by atoms with E-state index in [0.29, 0.717) is 42.0 Å². The van der Waals surface area contributed by atoms with E-state index in [4.69, 9.17) is 39.9 Å². The SMILES string of the molecule is CC(C)C[C@H](NC(=O)[C@H](Cc1ccc(Cl)cc1)NC(=O)CN(C)C(=O)[C@@H](N)Cc1ccc(O)cc1)C(=O)N[C@@H](CCCCN)C(=O)N[C@H](CCCNC(=N)N)C(N)=O. The zero-order chi connectivity index (χ0) is 43.4. The number of benzene rings is 2. The Bertz CT molecular complexity index is 1680. The number of carbonyl (C=O) groups is 6. The fraction of sp³-hybridized carbons (Fsp3) is 0.513. The largest absolute Gasteiger partial charge is 0.508 e. The molecule has 0 aliphatic carbocycles. The van der Waals surface area contributed by atoms with Gasteiger partial charge in [0.1, 0.15) is 29.9 Å². The lowest BCUT2D eigenvalue weighted by Crippen LogP contribution is -2.59. The van der Waals surface area contributed by atoms with Crippen LogP contribution in [0.15, 0.2) is 48.5 Å². The third-order valence-electron chi connectivity index (χ3n) is 9.04. The van der Waals surface area contributed by atoms with Crippen molar-refractivity contribution in [3.63, 3.8) is 0 Å². The predicted molar refractivity (Wildman–Crippen MR) is 221 cm³/mol. The smallest absolute Gasteiger partial charge is 0.243 e. The number of guanidine groups is 1. The summed E-state index contributed by atoms with van der Waals surface area (Å²) in [6.45, 7) is 3.89. The van der Waals surface area contributed by atoms with E-state index in [-0.39, 0.29) is 56.3 Å². The zero-order valence-electron chi connectivity index (χ0n) is 33.4. The third kappa shape index (κ3) is 18.2. The number of hydrogen-bond acceptors (Lipinski definition) is 10. The molecule has 0 saturated heterocycles. The van der Waals surface area contributed by atoms with Gasteiger partial charge in [-0.15, -0.1) is 0 Å². The normalized spacial score (nSPS) is 13.6. The number of nitrogens with zero attached hydrogens (tertiary/aromatic N) is 1. The van der Waals surface area contributed by atoms with E-state index in [9.17, 15) is 33.9 Å². The highest BCUT2D eigenvalue weighted by atomic mass is 35.5. The topological polar surface area (TPSA) is 314 Å². The number of phenols is 1. The van der Waals surface area contributed by atoms with Gasteiger partial charge in [-0.05, 0) is 92.8 Å². The second kappa shape index (κ2) is 25.0. The van der Waals surface area contributed by atoms with Crippen LogP contribution in [0.4, 0.5) is 0 Å². The van der Waals surface area contributed by atoms with E-state index < -0.39 is 72.2 Å². The van der Waals surface area contributed by atoms with Gasteiger partial charge in [0.05, 0.1) is 12.6 Å². The number of unbranched alkanes of at least 4 members (excludes halogenated alkanes) is 1. The number of aromatic hydroxyl groups is 1. The minimum Gasteiger partial charge on any atom is -0.508 e. The van der Waals surface area contributed by atoms with Crippen molar-refractivity contribution in [2.24, 2.45) is 28.9 Å². The third-order valence-corrected chi connectivity index (χ3v) is 9.29. The molecule has 19 heteroatoms. The summed E-state index contributed by atoms with van der Waals surface area (Å²) in [6, 6.07) is 7.36. The molecule has 0 fully saturated rings. The van der Waals surface area contributed by atoms with Crippen LogP contribution in [0, 0.1) is 11.3 Å². The average molecular weight is 830 g/mol. The lowest BCUT2D eigenvalue weighted by Gasteiger charge is -2.27. The molecule has 58 heavy (non-hydrogen) atoms. The lowest BCUT2D eigenvalue weighted by molar-refractivity contribution is -0.137. The Balaban J connectivity index is 2.25. The fourth-order valence-corrected chi connectivity index (χ4v) is 6.08. The Morgan fingerprint density at radius 3 is 1.88 bits per heavy atom. The molecule has 0 aliphatic rings. The highest BCUT2D eigenvalue weighted by molar-refractivity contribution is 6.30. The summed E-state index contributed by atoms with van der Waals surface area (Å²) in [5, 5.41) is 30.7. The quantitative estimate of drug-likeness (QED) is 0.0344. The molecule has 0 aliphatic heterocycles. The highest BCUT2D eigenvalue weighted by Gasteiger charge is 2.32. The van der Waals surface area contributed by atoms with Crippen LogP contribution in [0.3, 0.4) is 0 Å². The summed E-state index contributed by atoms with van der Waals surface area (Å²) in [7, 11) is 1.41. The summed E-state index contributed by atoms with van der Waals surface area (Å²) >= 11 is 6.08. The fourth-order valence-electron chi connectivity index (χ4n) is 5.95. The van der Waals surface area contributed by atoms with Crippen molar-refractivity contribution in [1.82, 2.24) is 31.5 Å². The molecule has 0 aromatic heterocycles. The first kappa shape index (κ1) is 48.7. The molecule has 0 unspecified atom stereocenters. The number of carbonyl (C=O) groups excluding carboxylic acids is 6. The molecule has 2 aromatic rings. The highest BCUT2D eigenvalue weighted by Crippen LogP contribution is 2.14. The van der Waals surface area contributed by atoms with Crippen molar-refractivity contribution >= 4 is 53.0 Å². The molecule has 2 aromatic carbocycles. The number of halogens is 1. The average Bonchev–Trinajstić information content (AvgIpc) is 3.15. The zero-order valence-corrected chi connectivity index (χ0v) is 34.1. The van der Waals surface area contributed by atoms with Crippen molar-refractivity contribution < 1.29 is 33.9 Å². The molecule has 0 heterocycles. The van der Waals surface area contributed by atoms with Gasteiger partial charge < -0.3 is 59.5 Å². The number of likely N-dealkylation sites (N-methyl/N-ethyl adjacent to an activating group) is 1. The van der Waals surface area contributed by atoms with Crippen LogP contribution in [0.25, 0.3) is 0 Å². The molecule has 2 rings (SSSR count). The van der Waals surface area contributed by atoms with Crippen molar-refractivity contribution in [1.29, 1.82) is 5.41 Å². The summed E-state index contributed by atoms with van der Waals surface area (Å²) in [5.41, 5.74) is 24.0. The number of nitrogens with two attached hydrogens (primary N) is 4. The molecular formula is C39H60ClN11O7. The molecule has 0 saturated carbocycles. The minimum absolute atomic E-state index is 0.00332. The molecular weight excluding hydrogens is 770 g/mol. The molecule has 0 spiro atoms. The number of hydrogen-bond donors (Lipinski definition) is 11. The minimum atomic E-state index is -1.21. The van der Waals surface area contributed by atoms with E-state index >= 15 is 0 Å². The van der Waals surface area contributed by atoms with Gasteiger partial charge in [-0.3, -0.25) is 34.2 Å². The number of nitrogens with one attached hydrogen (secondary N) is 6. The summed E-state index contributed by atoms with van der Waals surface area (Å²) in [4.78, 5) is 81.2. The molecule has 15 N–H and O–H groups in total. The van der Waals surface area contributed by atoms with Crippen LogP contribution in [0.1, 0.15) is 63.5 Å². The van der Waals surface area contributed by atoms with Crippen molar-refractivity contribution in [3.05, 3.63) is 64.7 Å². The molecule has 5 atom stereocenters. The predicted octanol–water partition coefficient (Wildman–Crippen LogP) is -0.521. The van der Waals surface area contributed by atoms with Crippen molar-refractivity contribution in [3.8, 4) is 5.75 Å². The van der Waals surface area contributed by atoms with Crippen LogP contribution in [-0.2, 0) is 41.6 Å². The standard InChI is InChI=1S/C39H60ClN11O7/c1-23(2)19-31(36(56)49-30(7-4-5-17-41)35(55)48-29(34(43)54)8-6-18-46-39(44)45)50-37(57)32(21-25-9-13-26(40)14-10-25)47-33(53)22-51(3)38(58)28(42)20-24-11-15-27(52)16-12-24/h9-16,23,28-32,52H,4-8,17-22,41-42H2,1-3H3,(H2,43,54)(H,47,53)(H,48,55)(H,49,56)(H,50,57)(H4,44,45,46)/t28-,29+,30-,31-,32-/m0/s1. The maximum Gasteiger partial charge on any atom is 0.243 e. The maximum atomic E-state index is 14.0. The second-order valence-corrected chi connectivity index (χ2v) is 15.0. The van der Waals surface area contributed by atoms with Crippen molar-refractivity contribution in [2.45, 2.75) is 95.4 Å². The summed E-state index contributed by atoms with van der Waals surface area (Å²) in [6.07, 6.45) is 2.03. The number of primary amides is 1. The first-order chi connectivity index (χ1) is 27.4. The van der Waals surface area contributed by atoms with E-state index in [1.54, 1.807) is 36.4 Å². The molecule has 0 radical (unpaired) electrons. The summed E-state index contributed by atoms with van der Waals surface area (Å²) < 4.78 is 0. The van der Waals surface area contributed by atoms with Gasteiger partial charge >= 0.3 is 0 Å². The maximum absolute atomic E-state index is 14.0. The number of rotatable bonds is 25. The van der Waals surface area contributed by atoms with E-state index in [1.165, 1.54) is 19.2 Å². The second-order valence-electron chi connectivity index (χ2n) is 14.6. The molecule has 6 amide bonds. The lowest BCUT2D eigenvalue weighted by atomic mass is 10.00. The van der Waals surface area contributed by atoms with E-state index in [1.807, 2.05) is 13.8 Å². The van der Waals surface area contributed by atoms with Gasteiger partial charge in [-0.2, -0.15) is 0 Å². The number of phenolic OH excluding ortho intramolecular Hbond substituents is 1. The Hall–Kier alpha value is -5.46. The summed E-state index contributed by atoms with van der Waals surface area (Å²) in [5.74, 6) is -4.26. The Kier molecular flexibility index (Phi) is 21.0. The first-order valence-electron chi connectivity index (χ1n) is 19.2. The van der Waals surface area contributed by atoms with E-state index in [0.717, 1.165) is 4.90 Å². The molecule has 320 valence electrons. The van der Waals surface area contributed by atoms with Gasteiger partial charge in [-0.25, -0.2) is 0 Å². The van der Waals surface area contributed by atoms with E-state index in [2.05, 4.69) is 26.6 Å². The van der Waals surface area contributed by atoms with Crippen LogP contribution in [0.2, 0.25) is 5.02 Å². The van der Waals surface area contributed by atoms with Gasteiger partial charge in [0.25, 0.3) is 0 Å². The van der Waals surface area contributed by atoms with Crippen molar-refractivity contribution in [2.75, 3.05) is 26.7 Å². The van der Waals surface area contributed by atoms with Crippen LogP contribution in [0.5, 0.6) is 5.75 Å². The van der Waals surface area contributed by atoms with Gasteiger partial charge in [0.15, 0.2) is 5.96 Å². The molecule has 18 nitrogen and oxygen atoms in total. The Morgan fingerprint density at radius 1 is 0.759 bits per heavy atom. The van der Waals surface area contributed by atoms with Gasteiger partial charge in [-0.1, -0.05) is 49.7 Å². The Labute approximate surface area is 344 Å². The van der Waals surface area contributed by atoms with Gasteiger partial charge in [0, 0.05) is 25.0 Å². The van der Waals surface area contributed by atoms with Crippen LogP contribution >= 0.6 is 11.6 Å². The van der Waals surface area contributed by atoms with Crippen LogP contribution in [-0.4, -0.2) is 108 Å².